The highest BCUT2D eigenvalue weighted by Crippen LogP contribution is 2.40. The second-order valence-electron chi connectivity index (χ2n) is 6.48. The van der Waals surface area contributed by atoms with Gasteiger partial charge in [0.2, 0.25) is 0 Å². The Kier molecular flexibility index (Phi) is 4.16. The van der Waals surface area contributed by atoms with Gasteiger partial charge >= 0.3 is 0 Å². The number of rotatable bonds is 4. The fourth-order valence-electron chi connectivity index (χ4n) is 3.13. The molecular weight excluding hydrogens is 308 g/mol. The molecule has 3 nitrogen and oxygen atoms in total. The first-order chi connectivity index (χ1) is 12.2. The highest BCUT2D eigenvalue weighted by atomic mass is 16.3. The minimum atomic E-state index is -0.684. The first-order valence-corrected chi connectivity index (χ1v) is 8.63. The Labute approximate surface area is 147 Å². The van der Waals surface area contributed by atoms with Crippen molar-refractivity contribution in [3.05, 3.63) is 95.7 Å². The van der Waals surface area contributed by atoms with Gasteiger partial charge in [0.05, 0.1) is 11.3 Å². The molecule has 3 heteroatoms. The van der Waals surface area contributed by atoms with E-state index in [9.17, 15) is 5.11 Å². The van der Waals surface area contributed by atoms with Gasteiger partial charge < -0.3 is 5.11 Å². The Morgan fingerprint density at radius 1 is 0.840 bits per heavy atom. The highest BCUT2D eigenvalue weighted by molar-refractivity contribution is 6.13. The van der Waals surface area contributed by atoms with Gasteiger partial charge in [-0.25, -0.2) is 9.98 Å². The van der Waals surface area contributed by atoms with Gasteiger partial charge in [-0.3, -0.25) is 0 Å². The van der Waals surface area contributed by atoms with Gasteiger partial charge in [0.25, 0.3) is 0 Å². The fourth-order valence-corrected chi connectivity index (χ4v) is 3.13. The largest absolute Gasteiger partial charge is 0.385 e. The summed E-state index contributed by atoms with van der Waals surface area (Å²) in [5.74, 6) is 0.648. The minimum absolute atomic E-state index is 0.648. The molecule has 0 amide bonds. The minimum Gasteiger partial charge on any atom is -0.385 e. The van der Waals surface area contributed by atoms with Crippen molar-refractivity contribution in [3.8, 4) is 0 Å². The van der Waals surface area contributed by atoms with Gasteiger partial charge in [-0.2, -0.15) is 0 Å². The predicted octanol–water partition coefficient (Wildman–Crippen LogP) is 4.62. The molecule has 1 aromatic heterocycles. The van der Waals surface area contributed by atoms with Crippen molar-refractivity contribution in [1.82, 2.24) is 4.98 Å². The maximum atomic E-state index is 10.4. The van der Waals surface area contributed by atoms with Crippen molar-refractivity contribution in [2.75, 3.05) is 0 Å². The molecule has 0 spiro atoms. The van der Waals surface area contributed by atoms with Crippen LogP contribution < -0.4 is 0 Å². The number of pyridine rings is 1. The van der Waals surface area contributed by atoms with Crippen LogP contribution >= 0.6 is 0 Å². The van der Waals surface area contributed by atoms with Crippen molar-refractivity contribution in [1.29, 1.82) is 0 Å². The summed E-state index contributed by atoms with van der Waals surface area (Å²) in [6.07, 6.45) is 4.46. The average Bonchev–Trinajstić information content (AvgIpc) is 2.66. The maximum Gasteiger partial charge on any atom is 0.152 e. The molecule has 4 rings (SSSR count). The summed E-state index contributed by atoms with van der Waals surface area (Å²) in [6.45, 7) is 0. The van der Waals surface area contributed by atoms with Crippen LogP contribution in [-0.4, -0.2) is 15.8 Å². The molecule has 2 aromatic carbocycles. The molecular formula is C22H20N2O. The van der Waals surface area contributed by atoms with E-state index >= 15 is 0 Å². The number of hydrogen-bond acceptors (Lipinski definition) is 3. The van der Waals surface area contributed by atoms with Crippen LogP contribution in [0.2, 0.25) is 0 Å². The molecule has 124 valence electrons. The van der Waals surface area contributed by atoms with Crippen LogP contribution in [0, 0.1) is 0 Å². The number of aliphatic hydroxyl groups is 1. The third-order valence-corrected chi connectivity index (χ3v) is 4.79. The monoisotopic (exact) mass is 328 g/mol. The van der Waals surface area contributed by atoms with Crippen LogP contribution in [0.3, 0.4) is 0 Å². The van der Waals surface area contributed by atoms with E-state index in [1.807, 2.05) is 48.5 Å². The normalized spacial score (nSPS) is 15.2. The Balaban J connectivity index is 1.72. The number of aliphatic imine (C=N–C) groups is 1. The van der Waals surface area contributed by atoms with Crippen LogP contribution in [0.15, 0.2) is 84.0 Å². The van der Waals surface area contributed by atoms with E-state index in [-0.39, 0.29) is 0 Å². The summed E-state index contributed by atoms with van der Waals surface area (Å²) in [4.78, 5) is 9.26. The Bertz CT molecular complexity index is 825. The van der Waals surface area contributed by atoms with E-state index in [1.54, 1.807) is 6.20 Å². The van der Waals surface area contributed by atoms with Crippen molar-refractivity contribution in [3.63, 3.8) is 0 Å². The van der Waals surface area contributed by atoms with Gasteiger partial charge in [-0.15, -0.1) is 0 Å². The molecule has 0 bridgehead atoms. The molecule has 0 atom stereocenters. The topological polar surface area (TPSA) is 45.5 Å². The molecule has 1 fully saturated rings. The fraction of sp³-hybridized carbons (Fsp3) is 0.182. The molecule has 3 aromatic rings. The molecule has 1 heterocycles. The Morgan fingerprint density at radius 3 is 1.88 bits per heavy atom. The lowest BCUT2D eigenvalue weighted by Crippen LogP contribution is -2.33. The molecule has 0 unspecified atom stereocenters. The smallest absolute Gasteiger partial charge is 0.152 e. The van der Waals surface area contributed by atoms with E-state index in [4.69, 9.17) is 4.99 Å². The van der Waals surface area contributed by atoms with E-state index in [1.165, 1.54) is 0 Å². The lowest BCUT2D eigenvalue weighted by atomic mass is 9.76. The third-order valence-electron chi connectivity index (χ3n) is 4.79. The molecule has 25 heavy (non-hydrogen) atoms. The Hall–Kier alpha value is -2.78. The SMILES string of the molecule is OC1(c2ccc(N=C(c3ccccc3)c3ccccc3)nc2)CCC1. The van der Waals surface area contributed by atoms with Crippen LogP contribution in [0.4, 0.5) is 5.82 Å². The number of aromatic nitrogens is 1. The molecule has 0 radical (unpaired) electrons. The lowest BCUT2D eigenvalue weighted by molar-refractivity contribution is -0.0390. The van der Waals surface area contributed by atoms with Crippen molar-refractivity contribution < 1.29 is 5.11 Å². The number of nitrogens with zero attached hydrogens (tertiary/aromatic N) is 2. The number of benzene rings is 2. The van der Waals surface area contributed by atoms with Crippen LogP contribution in [0.25, 0.3) is 0 Å². The predicted molar refractivity (Wildman–Crippen MR) is 100 cm³/mol. The summed E-state index contributed by atoms with van der Waals surface area (Å²) in [5.41, 5.74) is 3.20. The zero-order chi connectivity index (χ0) is 17.1. The van der Waals surface area contributed by atoms with Gasteiger partial charge in [0.15, 0.2) is 5.82 Å². The first-order valence-electron chi connectivity index (χ1n) is 8.63. The third kappa shape index (κ3) is 3.24. The van der Waals surface area contributed by atoms with Crippen LogP contribution in [-0.2, 0) is 5.60 Å². The van der Waals surface area contributed by atoms with E-state index in [0.717, 1.165) is 41.7 Å². The quantitative estimate of drug-likeness (QED) is 0.710. The molecule has 1 aliphatic rings. The summed E-state index contributed by atoms with van der Waals surface area (Å²) >= 11 is 0. The van der Waals surface area contributed by atoms with Gasteiger partial charge in [-0.1, -0.05) is 66.7 Å². The zero-order valence-corrected chi connectivity index (χ0v) is 14.0. The molecule has 1 aliphatic carbocycles. The van der Waals surface area contributed by atoms with Gasteiger partial charge in [0.1, 0.15) is 0 Å². The van der Waals surface area contributed by atoms with Crippen molar-refractivity contribution in [2.24, 2.45) is 4.99 Å². The summed E-state index contributed by atoms with van der Waals surface area (Å²) in [6, 6.07) is 24.1. The van der Waals surface area contributed by atoms with E-state index in [0.29, 0.717) is 5.82 Å². The summed E-state index contributed by atoms with van der Waals surface area (Å²) in [7, 11) is 0. The van der Waals surface area contributed by atoms with Crippen molar-refractivity contribution >= 4 is 11.5 Å². The second kappa shape index (κ2) is 6.61. The summed E-state index contributed by atoms with van der Waals surface area (Å²) < 4.78 is 0. The molecule has 0 aliphatic heterocycles. The first kappa shape index (κ1) is 15.7. The van der Waals surface area contributed by atoms with Gasteiger partial charge in [-0.05, 0) is 25.3 Å². The van der Waals surface area contributed by atoms with Crippen LogP contribution in [0.5, 0.6) is 0 Å². The molecule has 0 saturated heterocycles. The van der Waals surface area contributed by atoms with Crippen LogP contribution in [0.1, 0.15) is 36.0 Å². The zero-order valence-electron chi connectivity index (χ0n) is 14.0. The standard InChI is InChI=1S/C22H20N2O/c25-22(14-7-15-22)19-12-13-20(23-16-19)24-21(17-8-3-1-4-9-17)18-10-5-2-6-11-18/h1-6,8-13,16,25H,7,14-15H2. The Morgan fingerprint density at radius 2 is 1.44 bits per heavy atom. The van der Waals surface area contributed by atoms with E-state index in [2.05, 4.69) is 29.2 Å². The molecule has 1 N–H and O–H groups in total. The van der Waals surface area contributed by atoms with Crippen molar-refractivity contribution in [2.45, 2.75) is 24.9 Å². The lowest BCUT2D eigenvalue weighted by Gasteiger charge is -2.36. The summed E-state index contributed by atoms with van der Waals surface area (Å²) in [5, 5.41) is 10.4. The number of hydrogen-bond donors (Lipinski definition) is 1. The molecule has 1 saturated carbocycles. The highest BCUT2D eigenvalue weighted by Gasteiger charge is 2.36. The second-order valence-corrected chi connectivity index (χ2v) is 6.48. The van der Waals surface area contributed by atoms with E-state index < -0.39 is 5.60 Å². The maximum absolute atomic E-state index is 10.4. The average molecular weight is 328 g/mol. The van der Waals surface area contributed by atoms with Gasteiger partial charge in [0, 0.05) is 22.9 Å².